The lowest BCUT2D eigenvalue weighted by molar-refractivity contribution is -0.137. The van der Waals surface area contributed by atoms with Crippen LogP contribution in [0.5, 0.6) is 5.88 Å². The highest BCUT2D eigenvalue weighted by atomic mass is 19.4. The van der Waals surface area contributed by atoms with Crippen molar-refractivity contribution in [2.24, 2.45) is 7.05 Å². The first-order valence-corrected chi connectivity index (χ1v) is 9.18. The monoisotopic (exact) mass is 435 g/mol. The van der Waals surface area contributed by atoms with Gasteiger partial charge in [-0.05, 0) is 43.7 Å². The largest absolute Gasteiger partial charge is 0.466 e. The van der Waals surface area contributed by atoms with E-state index < -0.39 is 30.2 Å². The minimum Gasteiger partial charge on any atom is -0.466 e. The third kappa shape index (κ3) is 4.93. The fourth-order valence-corrected chi connectivity index (χ4v) is 3.09. The van der Waals surface area contributed by atoms with Gasteiger partial charge in [0.2, 0.25) is 11.8 Å². The summed E-state index contributed by atoms with van der Waals surface area (Å²) in [6.45, 7) is 4.40. The van der Waals surface area contributed by atoms with Crippen molar-refractivity contribution in [3.8, 4) is 5.88 Å². The van der Waals surface area contributed by atoms with Crippen LogP contribution in [0.3, 0.4) is 0 Å². The normalized spacial score (nSPS) is 11.5. The average molecular weight is 435 g/mol. The molecule has 2 N–H and O–H groups in total. The standard InChI is InChI=1S/C20H20F3N5O3/c1-10-7-11(2)24-18-17(10)19(27-28(18)4)31-9-16(30)26-15-8-13(20(21,22)23)5-6-14(15)25-12(3)29/h5-8H,9H2,1-4H3,(H,25,29)(H,26,30). The molecule has 0 fully saturated rings. The molecule has 0 saturated carbocycles. The number of pyridine rings is 1. The maximum Gasteiger partial charge on any atom is 0.416 e. The first-order valence-electron chi connectivity index (χ1n) is 9.18. The zero-order chi connectivity index (χ0) is 22.9. The van der Waals surface area contributed by atoms with Crippen LogP contribution >= 0.6 is 0 Å². The molecule has 0 unspecified atom stereocenters. The molecule has 2 heterocycles. The van der Waals surface area contributed by atoms with Crippen molar-refractivity contribution in [2.75, 3.05) is 17.2 Å². The van der Waals surface area contributed by atoms with Crippen LogP contribution in [0.1, 0.15) is 23.7 Å². The van der Waals surface area contributed by atoms with Gasteiger partial charge in [-0.15, -0.1) is 5.10 Å². The molecule has 0 radical (unpaired) electrons. The quantitative estimate of drug-likeness (QED) is 0.639. The topological polar surface area (TPSA) is 98.1 Å². The second kappa shape index (κ2) is 8.25. The minimum absolute atomic E-state index is 0.0349. The molecule has 0 aliphatic rings. The Labute approximate surface area is 175 Å². The van der Waals surface area contributed by atoms with Gasteiger partial charge in [-0.2, -0.15) is 13.2 Å². The number of ether oxygens (including phenoxy) is 1. The number of nitrogens with zero attached hydrogens (tertiary/aromatic N) is 3. The second-order valence-electron chi connectivity index (χ2n) is 6.98. The third-order valence-electron chi connectivity index (χ3n) is 4.36. The van der Waals surface area contributed by atoms with Crippen LogP contribution in [-0.2, 0) is 22.8 Å². The molecule has 0 spiro atoms. The molecule has 0 aliphatic carbocycles. The molecular formula is C20H20F3N5O3. The van der Waals surface area contributed by atoms with Gasteiger partial charge >= 0.3 is 6.18 Å². The lowest BCUT2D eigenvalue weighted by atomic mass is 10.1. The minimum atomic E-state index is -4.61. The molecule has 0 saturated heterocycles. The average Bonchev–Trinajstić information content (AvgIpc) is 2.96. The molecule has 3 aromatic rings. The number of hydrogen-bond acceptors (Lipinski definition) is 5. The van der Waals surface area contributed by atoms with E-state index >= 15 is 0 Å². The van der Waals surface area contributed by atoms with E-state index in [1.807, 2.05) is 19.9 Å². The van der Waals surface area contributed by atoms with Crippen molar-refractivity contribution >= 4 is 34.2 Å². The van der Waals surface area contributed by atoms with Crippen molar-refractivity contribution in [1.29, 1.82) is 0 Å². The van der Waals surface area contributed by atoms with Crippen LogP contribution in [0.25, 0.3) is 11.0 Å². The predicted molar refractivity (Wildman–Crippen MR) is 108 cm³/mol. The number of amides is 2. The van der Waals surface area contributed by atoms with Gasteiger partial charge in [0.25, 0.3) is 5.91 Å². The number of carbonyl (C=O) groups is 2. The summed E-state index contributed by atoms with van der Waals surface area (Å²) in [6.07, 6.45) is -4.61. The van der Waals surface area contributed by atoms with E-state index in [4.69, 9.17) is 4.74 Å². The number of carbonyl (C=O) groups excluding carboxylic acids is 2. The van der Waals surface area contributed by atoms with Crippen LogP contribution in [-0.4, -0.2) is 33.2 Å². The molecule has 0 aliphatic heterocycles. The van der Waals surface area contributed by atoms with Crippen LogP contribution in [0.2, 0.25) is 0 Å². The summed E-state index contributed by atoms with van der Waals surface area (Å²) < 4.78 is 46.2. The van der Waals surface area contributed by atoms with Crippen LogP contribution < -0.4 is 15.4 Å². The third-order valence-corrected chi connectivity index (χ3v) is 4.36. The van der Waals surface area contributed by atoms with Crippen molar-refractivity contribution in [2.45, 2.75) is 26.9 Å². The fraction of sp³-hybridized carbons (Fsp3) is 0.300. The van der Waals surface area contributed by atoms with Gasteiger partial charge < -0.3 is 15.4 Å². The zero-order valence-electron chi connectivity index (χ0n) is 17.2. The first kappa shape index (κ1) is 22.1. The SMILES string of the molecule is CC(=O)Nc1ccc(C(F)(F)F)cc1NC(=O)COc1nn(C)c2nc(C)cc(C)c12. The van der Waals surface area contributed by atoms with E-state index in [2.05, 4.69) is 20.7 Å². The second-order valence-corrected chi connectivity index (χ2v) is 6.98. The Morgan fingerprint density at radius 2 is 1.84 bits per heavy atom. The van der Waals surface area contributed by atoms with E-state index in [-0.39, 0.29) is 17.3 Å². The Balaban J connectivity index is 1.81. The predicted octanol–water partition coefficient (Wildman–Crippen LogP) is 3.58. The molecule has 0 atom stereocenters. The molecule has 11 heteroatoms. The Morgan fingerprint density at radius 3 is 2.48 bits per heavy atom. The Morgan fingerprint density at radius 1 is 1.13 bits per heavy atom. The van der Waals surface area contributed by atoms with Crippen molar-refractivity contribution in [1.82, 2.24) is 14.8 Å². The molecular weight excluding hydrogens is 415 g/mol. The van der Waals surface area contributed by atoms with Gasteiger partial charge in [-0.25, -0.2) is 9.67 Å². The summed E-state index contributed by atoms with van der Waals surface area (Å²) in [5, 5.41) is 9.59. The van der Waals surface area contributed by atoms with Crippen LogP contribution in [0.4, 0.5) is 24.5 Å². The van der Waals surface area contributed by atoms with Gasteiger partial charge in [0, 0.05) is 19.7 Å². The smallest absolute Gasteiger partial charge is 0.416 e. The maximum absolute atomic E-state index is 13.0. The van der Waals surface area contributed by atoms with Crippen LogP contribution in [0.15, 0.2) is 24.3 Å². The first-order chi connectivity index (χ1) is 14.5. The van der Waals surface area contributed by atoms with Crippen molar-refractivity contribution in [3.63, 3.8) is 0 Å². The van der Waals surface area contributed by atoms with Crippen LogP contribution in [0, 0.1) is 13.8 Å². The van der Waals surface area contributed by atoms with Gasteiger partial charge in [-0.3, -0.25) is 9.59 Å². The van der Waals surface area contributed by atoms with E-state index in [9.17, 15) is 22.8 Å². The molecule has 31 heavy (non-hydrogen) atoms. The lowest BCUT2D eigenvalue weighted by Crippen LogP contribution is -2.22. The Bertz CT molecular complexity index is 1170. The van der Waals surface area contributed by atoms with Gasteiger partial charge in [0.05, 0.1) is 22.3 Å². The highest BCUT2D eigenvalue weighted by Gasteiger charge is 2.31. The van der Waals surface area contributed by atoms with E-state index in [1.54, 1.807) is 7.05 Å². The molecule has 3 rings (SSSR count). The summed E-state index contributed by atoms with van der Waals surface area (Å²) >= 11 is 0. The molecule has 1 aromatic carbocycles. The molecule has 164 valence electrons. The molecule has 0 bridgehead atoms. The summed E-state index contributed by atoms with van der Waals surface area (Å²) in [5.41, 5.74) is 1.11. The number of fused-ring (bicyclic) bond motifs is 1. The van der Waals surface area contributed by atoms with Crippen molar-refractivity contribution in [3.05, 3.63) is 41.1 Å². The summed E-state index contributed by atoms with van der Waals surface area (Å²) in [6, 6.07) is 4.48. The maximum atomic E-state index is 13.0. The highest BCUT2D eigenvalue weighted by Crippen LogP contribution is 2.34. The number of aromatic nitrogens is 3. The van der Waals surface area contributed by atoms with E-state index in [1.165, 1.54) is 11.6 Å². The number of halogens is 3. The highest BCUT2D eigenvalue weighted by molar-refractivity contribution is 5.99. The number of nitrogens with one attached hydrogen (secondary N) is 2. The summed E-state index contributed by atoms with van der Waals surface area (Å²) in [4.78, 5) is 28.1. The number of hydrogen-bond donors (Lipinski definition) is 2. The Hall–Kier alpha value is -3.63. The lowest BCUT2D eigenvalue weighted by Gasteiger charge is -2.15. The fourth-order valence-electron chi connectivity index (χ4n) is 3.09. The summed E-state index contributed by atoms with van der Waals surface area (Å²) in [5.74, 6) is -1.03. The number of alkyl halides is 3. The van der Waals surface area contributed by atoms with Gasteiger partial charge in [-0.1, -0.05) is 0 Å². The van der Waals surface area contributed by atoms with Crippen molar-refractivity contribution < 1.29 is 27.5 Å². The zero-order valence-corrected chi connectivity index (χ0v) is 17.2. The van der Waals surface area contributed by atoms with E-state index in [0.717, 1.165) is 29.5 Å². The number of aryl methyl sites for hydroxylation is 3. The number of benzene rings is 1. The molecule has 2 aromatic heterocycles. The number of anilines is 2. The molecule has 8 nitrogen and oxygen atoms in total. The molecule has 2 amide bonds. The summed E-state index contributed by atoms with van der Waals surface area (Å²) in [7, 11) is 1.68. The van der Waals surface area contributed by atoms with Gasteiger partial charge in [0.1, 0.15) is 0 Å². The number of rotatable bonds is 5. The Kier molecular flexibility index (Phi) is 5.87. The van der Waals surface area contributed by atoms with E-state index in [0.29, 0.717) is 11.0 Å². The van der Waals surface area contributed by atoms with Gasteiger partial charge in [0.15, 0.2) is 12.3 Å².